The molecule has 124 valence electrons. The van der Waals surface area contributed by atoms with E-state index in [1.807, 2.05) is 0 Å². The summed E-state index contributed by atoms with van der Waals surface area (Å²) in [6.45, 7) is 8.00. The molecule has 1 aliphatic heterocycles. The van der Waals surface area contributed by atoms with Gasteiger partial charge in [-0.1, -0.05) is 6.07 Å². The molecule has 6 nitrogen and oxygen atoms in total. The number of nitrogens with two attached hydrogens (primary N) is 1. The van der Waals surface area contributed by atoms with Crippen LogP contribution in [0.1, 0.15) is 38.7 Å². The molecule has 1 aliphatic rings. The molecule has 2 rings (SSSR count). The van der Waals surface area contributed by atoms with Crippen molar-refractivity contribution in [2.75, 3.05) is 18.4 Å². The van der Waals surface area contributed by atoms with Crippen molar-refractivity contribution in [2.24, 2.45) is 11.1 Å². The van der Waals surface area contributed by atoms with Crippen LogP contribution in [-0.4, -0.2) is 32.0 Å². The number of sulfonamides is 1. The first-order valence-electron chi connectivity index (χ1n) is 7.67. The SMILES string of the molecule is Cc1ccc(NCCCC2CNC(C)(C)C2)nc1S(N)(=O)=O. The smallest absolute Gasteiger partial charge is 0.255 e. The van der Waals surface area contributed by atoms with Crippen molar-refractivity contribution >= 4 is 15.8 Å². The number of aromatic nitrogens is 1. The minimum absolute atomic E-state index is 0.0563. The first kappa shape index (κ1) is 17.2. The molecule has 1 saturated heterocycles. The van der Waals surface area contributed by atoms with E-state index in [-0.39, 0.29) is 10.6 Å². The minimum atomic E-state index is -3.77. The van der Waals surface area contributed by atoms with E-state index in [9.17, 15) is 8.42 Å². The molecule has 7 heteroatoms. The average molecular weight is 326 g/mol. The van der Waals surface area contributed by atoms with Gasteiger partial charge in [0.05, 0.1) is 0 Å². The van der Waals surface area contributed by atoms with E-state index >= 15 is 0 Å². The summed E-state index contributed by atoms with van der Waals surface area (Å²) >= 11 is 0. The van der Waals surface area contributed by atoms with Crippen molar-refractivity contribution in [1.29, 1.82) is 0 Å². The first-order chi connectivity index (χ1) is 10.2. The van der Waals surface area contributed by atoms with Gasteiger partial charge in [0, 0.05) is 12.1 Å². The highest BCUT2D eigenvalue weighted by Gasteiger charge is 2.29. The third-order valence-corrected chi connectivity index (χ3v) is 5.04. The van der Waals surface area contributed by atoms with Gasteiger partial charge in [-0.3, -0.25) is 0 Å². The number of aryl methyl sites for hydroxylation is 1. The summed E-state index contributed by atoms with van der Waals surface area (Å²) in [7, 11) is -3.77. The van der Waals surface area contributed by atoms with E-state index in [0.29, 0.717) is 17.3 Å². The molecule has 2 heterocycles. The molecule has 4 N–H and O–H groups in total. The third kappa shape index (κ3) is 4.66. The Morgan fingerprint density at radius 2 is 2.18 bits per heavy atom. The van der Waals surface area contributed by atoms with Crippen LogP contribution >= 0.6 is 0 Å². The number of anilines is 1. The van der Waals surface area contributed by atoms with Crippen LogP contribution in [0, 0.1) is 12.8 Å². The molecule has 0 radical (unpaired) electrons. The van der Waals surface area contributed by atoms with Crippen molar-refractivity contribution in [1.82, 2.24) is 10.3 Å². The maximum absolute atomic E-state index is 11.5. The zero-order chi connectivity index (χ0) is 16.4. The molecule has 0 aliphatic carbocycles. The van der Waals surface area contributed by atoms with Gasteiger partial charge in [0.2, 0.25) is 0 Å². The molecule has 0 spiro atoms. The van der Waals surface area contributed by atoms with Gasteiger partial charge in [-0.25, -0.2) is 18.5 Å². The Hall–Kier alpha value is -1.18. The van der Waals surface area contributed by atoms with Crippen LogP contribution in [0.4, 0.5) is 5.82 Å². The Kier molecular flexibility index (Phi) is 5.09. The van der Waals surface area contributed by atoms with Gasteiger partial charge in [0.1, 0.15) is 5.82 Å². The molecule has 1 aromatic heterocycles. The van der Waals surface area contributed by atoms with Gasteiger partial charge in [-0.2, -0.15) is 0 Å². The summed E-state index contributed by atoms with van der Waals surface area (Å²) < 4.78 is 22.9. The lowest BCUT2D eigenvalue weighted by molar-refractivity contribution is 0.430. The average Bonchev–Trinajstić information content (AvgIpc) is 2.74. The van der Waals surface area contributed by atoms with Crippen molar-refractivity contribution in [2.45, 2.75) is 50.6 Å². The minimum Gasteiger partial charge on any atom is -0.370 e. The van der Waals surface area contributed by atoms with E-state index in [0.717, 1.165) is 25.9 Å². The van der Waals surface area contributed by atoms with E-state index in [1.54, 1.807) is 19.1 Å². The summed E-state index contributed by atoms with van der Waals surface area (Å²) in [5.41, 5.74) is 0.813. The molecule has 1 aromatic rings. The summed E-state index contributed by atoms with van der Waals surface area (Å²) in [6, 6.07) is 3.50. The largest absolute Gasteiger partial charge is 0.370 e. The van der Waals surface area contributed by atoms with Crippen LogP contribution in [0.3, 0.4) is 0 Å². The lowest BCUT2D eigenvalue weighted by atomic mass is 9.94. The van der Waals surface area contributed by atoms with Crippen molar-refractivity contribution in [3.05, 3.63) is 17.7 Å². The highest BCUT2D eigenvalue weighted by Crippen LogP contribution is 2.26. The number of rotatable bonds is 6. The number of hydrogen-bond donors (Lipinski definition) is 3. The van der Waals surface area contributed by atoms with Gasteiger partial charge in [-0.15, -0.1) is 0 Å². The molecule has 22 heavy (non-hydrogen) atoms. The number of nitrogens with zero attached hydrogens (tertiary/aromatic N) is 1. The number of primary sulfonamides is 1. The van der Waals surface area contributed by atoms with E-state index in [4.69, 9.17) is 5.14 Å². The van der Waals surface area contributed by atoms with Crippen LogP contribution in [0.15, 0.2) is 17.2 Å². The lowest BCUT2D eigenvalue weighted by Crippen LogP contribution is -2.31. The molecule has 0 saturated carbocycles. The molecule has 1 fully saturated rings. The second kappa shape index (κ2) is 6.52. The Morgan fingerprint density at radius 1 is 1.45 bits per heavy atom. The first-order valence-corrected chi connectivity index (χ1v) is 9.21. The maximum Gasteiger partial charge on any atom is 0.255 e. The van der Waals surface area contributed by atoms with Gasteiger partial charge < -0.3 is 10.6 Å². The zero-order valence-electron chi connectivity index (χ0n) is 13.5. The predicted octanol–water partition coefficient (Wildman–Crippen LogP) is 1.62. The van der Waals surface area contributed by atoms with Crippen LogP contribution < -0.4 is 15.8 Å². The molecular formula is C15H26N4O2S. The zero-order valence-corrected chi connectivity index (χ0v) is 14.3. The highest BCUT2D eigenvalue weighted by molar-refractivity contribution is 7.89. The number of nitrogens with one attached hydrogen (secondary N) is 2. The number of hydrogen-bond acceptors (Lipinski definition) is 5. The van der Waals surface area contributed by atoms with Crippen molar-refractivity contribution in [3.8, 4) is 0 Å². The summed E-state index contributed by atoms with van der Waals surface area (Å²) in [4.78, 5) is 4.10. The Labute approximate surface area is 132 Å². The molecule has 1 unspecified atom stereocenters. The molecule has 0 bridgehead atoms. The monoisotopic (exact) mass is 326 g/mol. The standard InChI is InChI=1S/C15H26N4O2S/c1-11-6-7-13(19-14(11)22(16,20)21)17-8-4-5-12-9-15(2,3)18-10-12/h6-7,12,18H,4-5,8-10H2,1-3H3,(H,17,19)(H2,16,20,21). The Bertz CT molecular complexity index is 628. The topological polar surface area (TPSA) is 97.1 Å². The normalized spacial score (nSPS) is 21.0. The number of pyridine rings is 1. The fraction of sp³-hybridized carbons (Fsp3) is 0.667. The summed E-state index contributed by atoms with van der Waals surface area (Å²) in [5, 5.41) is 11.8. The molecule has 0 amide bonds. The third-order valence-electron chi connectivity index (χ3n) is 4.08. The van der Waals surface area contributed by atoms with Crippen LogP contribution in [0.25, 0.3) is 0 Å². The fourth-order valence-corrected chi connectivity index (χ4v) is 3.74. The molecule has 0 aromatic carbocycles. The van der Waals surface area contributed by atoms with Crippen molar-refractivity contribution < 1.29 is 8.42 Å². The predicted molar refractivity (Wildman–Crippen MR) is 88.3 cm³/mol. The summed E-state index contributed by atoms with van der Waals surface area (Å²) in [5.74, 6) is 1.27. The van der Waals surface area contributed by atoms with Gasteiger partial charge in [0.15, 0.2) is 5.03 Å². The van der Waals surface area contributed by atoms with Crippen molar-refractivity contribution in [3.63, 3.8) is 0 Å². The lowest BCUT2D eigenvalue weighted by Gasteiger charge is -2.17. The van der Waals surface area contributed by atoms with E-state index in [2.05, 4.69) is 29.5 Å². The Morgan fingerprint density at radius 3 is 2.77 bits per heavy atom. The Balaban J connectivity index is 1.83. The second-order valence-corrected chi connectivity index (χ2v) is 8.24. The van der Waals surface area contributed by atoms with Gasteiger partial charge in [-0.05, 0) is 64.1 Å². The highest BCUT2D eigenvalue weighted by atomic mass is 32.2. The molecule has 1 atom stereocenters. The quantitative estimate of drug-likeness (QED) is 0.690. The van der Waals surface area contributed by atoms with Gasteiger partial charge in [0.25, 0.3) is 10.0 Å². The van der Waals surface area contributed by atoms with E-state index in [1.165, 1.54) is 6.42 Å². The second-order valence-electron chi connectivity index (χ2n) is 6.77. The maximum atomic E-state index is 11.5. The summed E-state index contributed by atoms with van der Waals surface area (Å²) in [6.07, 6.45) is 3.38. The van der Waals surface area contributed by atoms with Gasteiger partial charge >= 0.3 is 0 Å². The van der Waals surface area contributed by atoms with Crippen LogP contribution in [0.5, 0.6) is 0 Å². The fourth-order valence-electron chi connectivity index (χ4n) is 2.99. The molecular weight excluding hydrogens is 300 g/mol. The van der Waals surface area contributed by atoms with Crippen LogP contribution in [-0.2, 0) is 10.0 Å². The van der Waals surface area contributed by atoms with Crippen LogP contribution in [0.2, 0.25) is 0 Å². The van der Waals surface area contributed by atoms with E-state index < -0.39 is 10.0 Å².